The highest BCUT2D eigenvalue weighted by Gasteiger charge is 2.14. The number of rotatable bonds is 6. The first-order valence-corrected chi connectivity index (χ1v) is 6.16. The molecular formula is C12H10BrNO5-2. The molecule has 1 rings (SSSR count). The fraction of sp³-hybridized carbons (Fsp3) is 0.250. The van der Waals surface area contributed by atoms with Gasteiger partial charge in [0.05, 0.1) is 12.0 Å². The molecule has 0 bridgehead atoms. The van der Waals surface area contributed by atoms with E-state index >= 15 is 0 Å². The Kier molecular flexibility index (Phi) is 5.50. The lowest BCUT2D eigenvalue weighted by molar-refractivity contribution is -0.309. The molecule has 1 aromatic rings. The molecule has 0 fully saturated rings. The van der Waals surface area contributed by atoms with Crippen molar-refractivity contribution in [1.82, 2.24) is 5.32 Å². The Balaban J connectivity index is 2.68. The molecule has 1 amide bonds. The normalized spacial score (nSPS) is 11.6. The summed E-state index contributed by atoms with van der Waals surface area (Å²) in [6, 6.07) is 4.90. The summed E-state index contributed by atoms with van der Waals surface area (Å²) in [5.41, 5.74) is 0.267. The van der Waals surface area contributed by atoms with Crippen LogP contribution in [0.15, 0.2) is 28.7 Å². The van der Waals surface area contributed by atoms with Crippen molar-refractivity contribution in [3.63, 3.8) is 0 Å². The molecule has 1 aromatic carbocycles. The smallest absolute Gasteiger partial charge is 0.251 e. The fourth-order valence-electron chi connectivity index (χ4n) is 1.35. The summed E-state index contributed by atoms with van der Waals surface area (Å²) >= 11 is 3.20. The summed E-state index contributed by atoms with van der Waals surface area (Å²) in [7, 11) is 0. The van der Waals surface area contributed by atoms with Gasteiger partial charge in [-0.05, 0) is 37.1 Å². The number of aliphatic carboxylic acids is 2. The molecule has 0 aliphatic heterocycles. The Morgan fingerprint density at radius 1 is 1.16 bits per heavy atom. The summed E-state index contributed by atoms with van der Waals surface area (Å²) in [5.74, 6) is -3.53. The molecule has 0 aliphatic rings. The Labute approximate surface area is 117 Å². The second-order valence-electron chi connectivity index (χ2n) is 3.76. The lowest BCUT2D eigenvalue weighted by atomic mass is 10.1. The predicted molar refractivity (Wildman–Crippen MR) is 64.6 cm³/mol. The van der Waals surface area contributed by atoms with Crippen LogP contribution in [0.5, 0.6) is 0 Å². The molecule has 1 N–H and O–H groups in total. The summed E-state index contributed by atoms with van der Waals surface area (Å²) in [5, 5.41) is 23.3. The van der Waals surface area contributed by atoms with Gasteiger partial charge in [0.2, 0.25) is 0 Å². The number of carbonyl (C=O) groups excluding carboxylic acids is 3. The van der Waals surface area contributed by atoms with Gasteiger partial charge < -0.3 is 25.1 Å². The highest BCUT2D eigenvalue weighted by Crippen LogP contribution is 2.10. The second kappa shape index (κ2) is 6.89. The van der Waals surface area contributed by atoms with E-state index in [9.17, 15) is 24.6 Å². The first kappa shape index (κ1) is 15.2. The number of carbonyl (C=O) groups is 3. The van der Waals surface area contributed by atoms with Gasteiger partial charge in [0.15, 0.2) is 0 Å². The number of amides is 1. The van der Waals surface area contributed by atoms with Gasteiger partial charge in [-0.1, -0.05) is 15.9 Å². The number of hydrogen-bond acceptors (Lipinski definition) is 5. The molecule has 1 atom stereocenters. The molecule has 0 aromatic heterocycles. The minimum absolute atomic E-state index is 0.267. The zero-order chi connectivity index (χ0) is 14.4. The molecule has 7 heteroatoms. The molecule has 1 unspecified atom stereocenters. The zero-order valence-electron chi connectivity index (χ0n) is 9.72. The molecule has 6 nitrogen and oxygen atoms in total. The molecule has 0 saturated heterocycles. The van der Waals surface area contributed by atoms with Crippen LogP contribution in [0.3, 0.4) is 0 Å². The van der Waals surface area contributed by atoms with Gasteiger partial charge in [0, 0.05) is 16.0 Å². The molecule has 0 aliphatic carbocycles. The first-order valence-electron chi connectivity index (χ1n) is 5.37. The second-order valence-corrected chi connectivity index (χ2v) is 4.68. The summed E-state index contributed by atoms with van der Waals surface area (Å²) in [4.78, 5) is 32.8. The largest absolute Gasteiger partial charge is 0.550 e. The van der Waals surface area contributed by atoms with Crippen LogP contribution < -0.4 is 15.5 Å². The number of carboxylic acids is 2. The van der Waals surface area contributed by atoms with Crippen molar-refractivity contribution in [3.8, 4) is 0 Å². The summed E-state index contributed by atoms with van der Waals surface area (Å²) < 4.78 is 0.775. The van der Waals surface area contributed by atoms with Crippen molar-refractivity contribution in [2.75, 3.05) is 0 Å². The molecule has 0 spiro atoms. The number of carboxylic acid groups (broad SMARTS) is 2. The maximum atomic E-state index is 11.7. The van der Waals surface area contributed by atoms with Crippen molar-refractivity contribution in [3.05, 3.63) is 34.3 Å². The van der Waals surface area contributed by atoms with Gasteiger partial charge in [-0.15, -0.1) is 0 Å². The monoisotopic (exact) mass is 327 g/mol. The van der Waals surface area contributed by atoms with Crippen LogP contribution in [0, 0.1) is 0 Å². The average Bonchev–Trinajstić information content (AvgIpc) is 2.34. The van der Waals surface area contributed by atoms with Gasteiger partial charge in [0.25, 0.3) is 5.91 Å². The van der Waals surface area contributed by atoms with Gasteiger partial charge >= 0.3 is 0 Å². The predicted octanol–water partition coefficient (Wildman–Crippen LogP) is -1.17. The van der Waals surface area contributed by atoms with Crippen LogP contribution in [0.1, 0.15) is 23.2 Å². The van der Waals surface area contributed by atoms with E-state index in [1.165, 1.54) is 12.1 Å². The van der Waals surface area contributed by atoms with Gasteiger partial charge in [0.1, 0.15) is 0 Å². The number of hydrogen-bond donors (Lipinski definition) is 1. The minimum Gasteiger partial charge on any atom is -0.550 e. The Hall–Kier alpha value is -1.89. The van der Waals surface area contributed by atoms with E-state index in [4.69, 9.17) is 0 Å². The number of halogens is 1. The highest BCUT2D eigenvalue weighted by atomic mass is 79.9. The fourth-order valence-corrected chi connectivity index (χ4v) is 1.62. The van der Waals surface area contributed by atoms with Gasteiger partial charge in [-0.2, -0.15) is 0 Å². The Morgan fingerprint density at radius 3 is 2.21 bits per heavy atom. The van der Waals surface area contributed by atoms with Crippen LogP contribution >= 0.6 is 15.9 Å². The zero-order valence-corrected chi connectivity index (χ0v) is 11.3. The third-order valence-corrected chi connectivity index (χ3v) is 2.86. The van der Waals surface area contributed by atoms with Crippen molar-refractivity contribution in [1.29, 1.82) is 0 Å². The summed E-state index contributed by atoms with van der Waals surface area (Å²) in [6.45, 7) is 0. The van der Waals surface area contributed by atoms with E-state index in [1.54, 1.807) is 12.1 Å². The number of nitrogens with one attached hydrogen (secondary N) is 1. The quantitative estimate of drug-likeness (QED) is 0.707. The van der Waals surface area contributed by atoms with Crippen LogP contribution in [-0.4, -0.2) is 23.9 Å². The van der Waals surface area contributed by atoms with E-state index < -0.39 is 30.3 Å². The van der Waals surface area contributed by atoms with Crippen molar-refractivity contribution in [2.24, 2.45) is 0 Å². The average molecular weight is 328 g/mol. The van der Waals surface area contributed by atoms with Gasteiger partial charge in [-0.3, -0.25) is 4.79 Å². The van der Waals surface area contributed by atoms with E-state index in [2.05, 4.69) is 21.2 Å². The highest BCUT2D eigenvalue weighted by molar-refractivity contribution is 9.10. The van der Waals surface area contributed by atoms with E-state index in [0.29, 0.717) is 0 Å². The van der Waals surface area contributed by atoms with E-state index in [1.807, 2.05) is 0 Å². The Morgan fingerprint density at radius 2 is 1.74 bits per heavy atom. The molecule has 102 valence electrons. The van der Waals surface area contributed by atoms with Crippen LogP contribution in [0.25, 0.3) is 0 Å². The SMILES string of the molecule is O=C([O-])CCC(NC(=O)c1ccc(Br)cc1)C(=O)[O-]. The third kappa shape index (κ3) is 5.09. The van der Waals surface area contributed by atoms with Gasteiger partial charge in [-0.25, -0.2) is 0 Å². The van der Waals surface area contributed by atoms with Crippen LogP contribution in [0.4, 0.5) is 0 Å². The van der Waals surface area contributed by atoms with Crippen molar-refractivity contribution >= 4 is 33.8 Å². The minimum atomic E-state index is -1.54. The molecule has 19 heavy (non-hydrogen) atoms. The lowest BCUT2D eigenvalue weighted by Crippen LogP contribution is -2.48. The lowest BCUT2D eigenvalue weighted by Gasteiger charge is -2.19. The Bertz CT molecular complexity index is 485. The first-order chi connectivity index (χ1) is 8.90. The maximum Gasteiger partial charge on any atom is 0.251 e. The molecule has 0 heterocycles. The third-order valence-electron chi connectivity index (χ3n) is 2.33. The van der Waals surface area contributed by atoms with E-state index in [-0.39, 0.29) is 12.0 Å². The van der Waals surface area contributed by atoms with E-state index in [0.717, 1.165) is 4.47 Å². The molecule has 0 saturated carbocycles. The topological polar surface area (TPSA) is 109 Å². The van der Waals surface area contributed by atoms with Crippen molar-refractivity contribution < 1.29 is 24.6 Å². The molecular weight excluding hydrogens is 318 g/mol. The summed E-state index contributed by atoms with van der Waals surface area (Å²) in [6.07, 6.45) is -0.758. The number of benzene rings is 1. The maximum absolute atomic E-state index is 11.7. The van der Waals surface area contributed by atoms with Crippen LogP contribution in [-0.2, 0) is 9.59 Å². The standard InChI is InChI=1S/C12H12BrNO5/c13-8-3-1-7(2-4-8)11(17)14-9(12(18)19)5-6-10(15)16/h1-4,9H,5-6H2,(H,14,17)(H,15,16)(H,18,19)/p-2. The van der Waals surface area contributed by atoms with Crippen LogP contribution in [0.2, 0.25) is 0 Å². The molecule has 0 radical (unpaired) electrons. The van der Waals surface area contributed by atoms with Crippen molar-refractivity contribution in [2.45, 2.75) is 18.9 Å².